The zero-order valence-corrected chi connectivity index (χ0v) is 18.5. The summed E-state index contributed by atoms with van der Waals surface area (Å²) in [4.78, 5) is 47.5. The molecule has 8 nitrogen and oxygen atoms in total. The van der Waals surface area contributed by atoms with E-state index in [2.05, 4.69) is 15.0 Å². The van der Waals surface area contributed by atoms with Crippen LogP contribution in [-0.4, -0.2) is 36.3 Å². The Balaban J connectivity index is 1.69. The van der Waals surface area contributed by atoms with Crippen molar-refractivity contribution in [1.29, 1.82) is 0 Å². The minimum absolute atomic E-state index is 0.210. The van der Waals surface area contributed by atoms with Gasteiger partial charge in [-0.05, 0) is 28.3 Å². The Morgan fingerprint density at radius 2 is 1.62 bits per heavy atom. The molecule has 0 spiro atoms. The van der Waals surface area contributed by atoms with Gasteiger partial charge < -0.3 is 5.11 Å². The first kappa shape index (κ1) is 21.6. The number of aromatic nitrogens is 4. The number of H-pyrrole nitrogens is 1. The van der Waals surface area contributed by atoms with Crippen molar-refractivity contribution in [3.63, 3.8) is 0 Å². The molecule has 2 aromatic heterocycles. The molecule has 0 fully saturated rings. The highest BCUT2D eigenvalue weighted by Crippen LogP contribution is 2.37. The zero-order valence-electron chi connectivity index (χ0n) is 17.7. The molecule has 2 aromatic carbocycles. The summed E-state index contributed by atoms with van der Waals surface area (Å²) in [6.45, 7) is 0. The maximum Gasteiger partial charge on any atom is 0.334 e. The second-order valence-electron chi connectivity index (χ2n) is 7.62. The van der Waals surface area contributed by atoms with Crippen LogP contribution in [0.25, 0.3) is 18.0 Å². The van der Waals surface area contributed by atoms with Crippen LogP contribution in [0.4, 0.5) is 0 Å². The van der Waals surface area contributed by atoms with Gasteiger partial charge in [-0.2, -0.15) is 0 Å². The van der Waals surface area contributed by atoms with Crippen LogP contribution in [-0.2, 0) is 4.79 Å². The monoisotopic (exact) mass is 470 g/mol. The van der Waals surface area contributed by atoms with E-state index in [4.69, 9.17) is 5.11 Å². The van der Waals surface area contributed by atoms with E-state index in [1.807, 2.05) is 60.7 Å². The minimum atomic E-state index is -0.998. The maximum atomic E-state index is 13.1. The number of carbonyl (C=O) groups is 1. The maximum absolute atomic E-state index is 13.1. The molecule has 0 saturated carbocycles. The van der Waals surface area contributed by atoms with E-state index in [9.17, 15) is 14.4 Å². The number of aliphatic carboxylic acids is 1. The molecule has 4 aromatic rings. The molecule has 2 N–H and O–H groups in total. The summed E-state index contributed by atoms with van der Waals surface area (Å²) in [5, 5.41) is 9.14. The average molecular weight is 471 g/mol. The zero-order chi connectivity index (χ0) is 23.7. The normalized spacial score (nSPS) is 12.6. The first-order valence-electron chi connectivity index (χ1n) is 10.4. The number of carboxylic acids is 1. The van der Waals surface area contributed by atoms with E-state index in [0.29, 0.717) is 5.56 Å². The van der Waals surface area contributed by atoms with E-state index in [0.717, 1.165) is 34.0 Å². The molecule has 1 aliphatic carbocycles. The van der Waals surface area contributed by atoms with Crippen molar-refractivity contribution in [3.8, 4) is 5.82 Å². The lowest BCUT2D eigenvalue weighted by Gasteiger charge is -2.21. The van der Waals surface area contributed by atoms with Crippen LogP contribution in [0.1, 0.15) is 33.7 Å². The molecular formula is C25H18N4O4S. The van der Waals surface area contributed by atoms with Gasteiger partial charge in [-0.3, -0.25) is 19.1 Å². The summed E-state index contributed by atoms with van der Waals surface area (Å²) in [7, 11) is 0. The van der Waals surface area contributed by atoms with Crippen LogP contribution in [0.2, 0.25) is 0 Å². The fourth-order valence-corrected chi connectivity index (χ4v) is 4.60. The van der Waals surface area contributed by atoms with Gasteiger partial charge in [-0.1, -0.05) is 72.4 Å². The smallest absolute Gasteiger partial charge is 0.334 e. The van der Waals surface area contributed by atoms with Crippen LogP contribution in [0.3, 0.4) is 0 Å². The predicted octanol–water partition coefficient (Wildman–Crippen LogP) is 3.16. The third-order valence-corrected chi connectivity index (χ3v) is 6.37. The summed E-state index contributed by atoms with van der Waals surface area (Å²) in [6.07, 6.45) is 7.01. The number of hydrogen-bond acceptors (Lipinski definition) is 6. The van der Waals surface area contributed by atoms with Crippen LogP contribution in [0, 0.1) is 0 Å². The van der Waals surface area contributed by atoms with E-state index in [1.165, 1.54) is 23.0 Å². The Kier molecular flexibility index (Phi) is 5.69. The first-order valence-corrected chi connectivity index (χ1v) is 11.4. The van der Waals surface area contributed by atoms with Gasteiger partial charge in [0.05, 0.1) is 5.75 Å². The van der Waals surface area contributed by atoms with E-state index in [-0.39, 0.29) is 16.7 Å². The molecule has 0 amide bonds. The Bertz CT molecular complexity index is 1510. The molecule has 9 heteroatoms. The Morgan fingerprint density at radius 1 is 0.971 bits per heavy atom. The highest BCUT2D eigenvalue weighted by atomic mass is 32.2. The lowest BCUT2D eigenvalue weighted by atomic mass is 9.83. The van der Waals surface area contributed by atoms with Gasteiger partial charge in [0.2, 0.25) is 0 Å². The highest BCUT2D eigenvalue weighted by Gasteiger charge is 2.26. The van der Waals surface area contributed by atoms with Gasteiger partial charge in [-0.15, -0.1) is 0 Å². The molecule has 168 valence electrons. The van der Waals surface area contributed by atoms with E-state index >= 15 is 0 Å². The van der Waals surface area contributed by atoms with Crippen molar-refractivity contribution in [2.45, 2.75) is 11.1 Å². The molecule has 0 saturated heterocycles. The van der Waals surface area contributed by atoms with Gasteiger partial charge in [0.15, 0.2) is 5.16 Å². The van der Waals surface area contributed by atoms with Crippen LogP contribution >= 0.6 is 11.8 Å². The predicted molar refractivity (Wildman–Crippen MR) is 129 cm³/mol. The molecule has 34 heavy (non-hydrogen) atoms. The molecule has 2 heterocycles. The van der Waals surface area contributed by atoms with Crippen molar-refractivity contribution >= 4 is 29.9 Å². The van der Waals surface area contributed by atoms with Crippen molar-refractivity contribution < 1.29 is 9.90 Å². The standard InChI is InChI=1S/C25H18N4O4S/c30-21(31)14-34-24-26-12-11-20(27-24)29-13-19(23(32)28-25(29)33)22-17-7-3-1-5-15(17)9-10-16-6-2-4-8-18(16)22/h1-13,22H,14H2,(H,30,31)(H,28,32,33). The highest BCUT2D eigenvalue weighted by molar-refractivity contribution is 7.99. The molecule has 0 bridgehead atoms. The fourth-order valence-electron chi connectivity index (χ4n) is 4.06. The van der Waals surface area contributed by atoms with Crippen LogP contribution < -0.4 is 11.2 Å². The Hall–Kier alpha value is -4.24. The van der Waals surface area contributed by atoms with Gasteiger partial charge in [0, 0.05) is 23.9 Å². The molecule has 0 radical (unpaired) electrons. The van der Waals surface area contributed by atoms with Crippen molar-refractivity contribution in [2.75, 3.05) is 5.75 Å². The van der Waals surface area contributed by atoms with E-state index < -0.39 is 23.1 Å². The molecule has 0 unspecified atom stereocenters. The van der Waals surface area contributed by atoms with E-state index in [1.54, 1.807) is 0 Å². The Labute approximate surface area is 197 Å². The third-order valence-electron chi connectivity index (χ3n) is 5.53. The SMILES string of the molecule is O=C(O)CSc1nccc(-n2cc(C3c4ccccc4C=Cc4ccccc43)c(=O)[nH]c2=O)n1. The third kappa shape index (κ3) is 4.08. The van der Waals surface area contributed by atoms with Gasteiger partial charge in [0.1, 0.15) is 5.82 Å². The summed E-state index contributed by atoms with van der Waals surface area (Å²) in [5.74, 6) is -1.39. The average Bonchev–Trinajstić information content (AvgIpc) is 3.00. The minimum Gasteiger partial charge on any atom is -0.481 e. The van der Waals surface area contributed by atoms with Gasteiger partial charge in [-0.25, -0.2) is 14.8 Å². The number of aromatic amines is 1. The Morgan fingerprint density at radius 3 is 2.26 bits per heavy atom. The number of thioether (sulfide) groups is 1. The largest absolute Gasteiger partial charge is 0.481 e. The molecule has 0 aliphatic heterocycles. The number of rotatable bonds is 5. The summed E-state index contributed by atoms with van der Waals surface area (Å²) in [6, 6.07) is 17.2. The number of nitrogens with one attached hydrogen (secondary N) is 1. The number of fused-ring (bicyclic) bond motifs is 2. The van der Waals surface area contributed by atoms with Gasteiger partial charge in [0.25, 0.3) is 5.56 Å². The number of nitrogens with zero attached hydrogens (tertiary/aromatic N) is 3. The lowest BCUT2D eigenvalue weighted by molar-refractivity contribution is -0.133. The van der Waals surface area contributed by atoms with Crippen LogP contribution in [0.15, 0.2) is 81.7 Å². The topological polar surface area (TPSA) is 118 Å². The summed E-state index contributed by atoms with van der Waals surface area (Å²) < 4.78 is 1.26. The number of hydrogen-bond donors (Lipinski definition) is 2. The number of benzene rings is 2. The van der Waals surface area contributed by atoms with Crippen LogP contribution in [0.5, 0.6) is 0 Å². The summed E-state index contributed by atoms with van der Waals surface area (Å²) in [5.41, 5.74) is 3.12. The van der Waals surface area contributed by atoms with Crippen molar-refractivity contribution in [1.82, 2.24) is 19.5 Å². The first-order chi connectivity index (χ1) is 16.5. The second kappa shape index (κ2) is 8.95. The van der Waals surface area contributed by atoms with Gasteiger partial charge >= 0.3 is 11.7 Å². The quantitative estimate of drug-likeness (QED) is 0.299. The second-order valence-corrected chi connectivity index (χ2v) is 8.56. The summed E-state index contributed by atoms with van der Waals surface area (Å²) >= 11 is 0.945. The fraction of sp³-hybridized carbons (Fsp3) is 0.0800. The molecular weight excluding hydrogens is 452 g/mol. The molecule has 0 atom stereocenters. The lowest BCUT2D eigenvalue weighted by Crippen LogP contribution is -2.33. The molecule has 5 rings (SSSR count). The van der Waals surface area contributed by atoms with Crippen molar-refractivity contribution in [3.05, 3.63) is 116 Å². The number of carboxylic acid groups (broad SMARTS) is 1. The van der Waals surface area contributed by atoms with Crippen molar-refractivity contribution in [2.24, 2.45) is 0 Å². The molecule has 1 aliphatic rings.